The van der Waals surface area contributed by atoms with Crippen molar-refractivity contribution in [3.05, 3.63) is 0 Å². The van der Waals surface area contributed by atoms with Crippen molar-refractivity contribution in [1.29, 1.82) is 0 Å². The van der Waals surface area contributed by atoms with Crippen LogP contribution in [0.5, 0.6) is 0 Å². The number of carbonyl (C=O) groups is 2. The average molecular weight is 242 g/mol. The molecule has 5 nitrogen and oxygen atoms in total. The van der Waals surface area contributed by atoms with Crippen LogP contribution >= 0.6 is 0 Å². The predicted molar refractivity (Wildman–Crippen MR) is 64.7 cm³/mol. The van der Waals surface area contributed by atoms with Crippen LogP contribution in [0.1, 0.15) is 40.0 Å². The molecule has 0 aromatic carbocycles. The van der Waals surface area contributed by atoms with E-state index < -0.39 is 5.97 Å². The Hall–Kier alpha value is -1.10. The number of nitrogens with zero attached hydrogens (tertiary/aromatic N) is 1. The Morgan fingerprint density at radius 1 is 1.41 bits per heavy atom. The zero-order chi connectivity index (χ0) is 13.1. The number of carboxylic acids is 1. The summed E-state index contributed by atoms with van der Waals surface area (Å²) in [5, 5.41) is 11.9. The second-order valence-corrected chi connectivity index (χ2v) is 5.45. The standard InChI is InChI=1S/C12H22N2O3/c1-12(2,3)14(8-6-10(15)16)11(17)9-5-4-7-13-9/h9,13H,4-8H2,1-3H3,(H,15,16)/t9-/m0/s1. The van der Waals surface area contributed by atoms with Crippen LogP contribution < -0.4 is 5.32 Å². The minimum absolute atomic E-state index is 0.00424. The van der Waals surface area contributed by atoms with Gasteiger partial charge in [-0.3, -0.25) is 9.59 Å². The number of rotatable bonds is 4. The lowest BCUT2D eigenvalue weighted by Gasteiger charge is -2.37. The third kappa shape index (κ3) is 4.00. The smallest absolute Gasteiger partial charge is 0.305 e. The number of nitrogens with one attached hydrogen (secondary N) is 1. The fourth-order valence-electron chi connectivity index (χ4n) is 2.07. The van der Waals surface area contributed by atoms with E-state index in [2.05, 4.69) is 5.32 Å². The van der Waals surface area contributed by atoms with Crippen LogP contribution in [-0.2, 0) is 9.59 Å². The van der Waals surface area contributed by atoms with Gasteiger partial charge < -0.3 is 15.3 Å². The largest absolute Gasteiger partial charge is 0.481 e. The van der Waals surface area contributed by atoms with Gasteiger partial charge in [-0.25, -0.2) is 0 Å². The van der Waals surface area contributed by atoms with E-state index in [1.165, 1.54) is 0 Å². The van der Waals surface area contributed by atoms with Gasteiger partial charge in [0, 0.05) is 12.1 Å². The van der Waals surface area contributed by atoms with Crippen LogP contribution in [0.4, 0.5) is 0 Å². The monoisotopic (exact) mass is 242 g/mol. The lowest BCUT2D eigenvalue weighted by atomic mass is 10.0. The van der Waals surface area contributed by atoms with Crippen LogP contribution in [0.3, 0.4) is 0 Å². The summed E-state index contributed by atoms with van der Waals surface area (Å²) in [5.74, 6) is -0.845. The molecule has 0 spiro atoms. The Morgan fingerprint density at radius 3 is 2.47 bits per heavy atom. The molecule has 0 aromatic heterocycles. The van der Waals surface area contributed by atoms with Gasteiger partial charge in [-0.15, -0.1) is 0 Å². The molecule has 1 aliphatic heterocycles. The lowest BCUT2D eigenvalue weighted by Crippen LogP contribution is -2.52. The summed E-state index contributed by atoms with van der Waals surface area (Å²) in [6.07, 6.45) is 1.85. The first-order chi connectivity index (χ1) is 7.82. The van der Waals surface area contributed by atoms with Crippen LogP contribution in [-0.4, -0.2) is 46.6 Å². The van der Waals surface area contributed by atoms with Gasteiger partial charge in [-0.2, -0.15) is 0 Å². The third-order valence-electron chi connectivity index (χ3n) is 2.98. The van der Waals surface area contributed by atoms with Gasteiger partial charge in [0.05, 0.1) is 12.5 Å². The van der Waals surface area contributed by atoms with E-state index in [1.54, 1.807) is 4.90 Å². The first-order valence-corrected chi connectivity index (χ1v) is 6.09. The molecular formula is C12H22N2O3. The Bertz CT molecular complexity index is 291. The molecule has 0 radical (unpaired) electrons. The number of hydrogen-bond donors (Lipinski definition) is 2. The van der Waals surface area contributed by atoms with E-state index in [0.29, 0.717) is 0 Å². The van der Waals surface area contributed by atoms with Crippen molar-refractivity contribution in [1.82, 2.24) is 10.2 Å². The van der Waals surface area contributed by atoms with Crippen LogP contribution in [0.2, 0.25) is 0 Å². The highest BCUT2D eigenvalue weighted by molar-refractivity contribution is 5.83. The van der Waals surface area contributed by atoms with Crippen LogP contribution in [0.25, 0.3) is 0 Å². The normalized spacial score (nSPS) is 20.3. The molecule has 1 amide bonds. The van der Waals surface area contributed by atoms with Crippen molar-refractivity contribution < 1.29 is 14.7 Å². The Labute approximate surface area is 102 Å². The quantitative estimate of drug-likeness (QED) is 0.766. The van der Waals surface area contributed by atoms with Crippen molar-refractivity contribution in [2.75, 3.05) is 13.1 Å². The molecule has 0 bridgehead atoms. The molecule has 98 valence electrons. The average Bonchev–Trinajstić information content (AvgIpc) is 2.67. The number of amides is 1. The maximum atomic E-state index is 12.3. The van der Waals surface area contributed by atoms with Crippen LogP contribution in [0.15, 0.2) is 0 Å². The van der Waals surface area contributed by atoms with Crippen molar-refractivity contribution in [3.63, 3.8) is 0 Å². The second-order valence-electron chi connectivity index (χ2n) is 5.45. The molecular weight excluding hydrogens is 220 g/mol. The maximum Gasteiger partial charge on any atom is 0.305 e. The van der Waals surface area contributed by atoms with E-state index in [9.17, 15) is 9.59 Å². The summed E-state index contributed by atoms with van der Waals surface area (Å²) in [6.45, 7) is 6.94. The first kappa shape index (κ1) is 14.0. The van der Waals surface area contributed by atoms with Gasteiger partial charge >= 0.3 is 5.97 Å². The number of hydrogen-bond acceptors (Lipinski definition) is 3. The molecule has 1 saturated heterocycles. The molecule has 1 rings (SSSR count). The predicted octanol–water partition coefficient (Wildman–Crippen LogP) is 0.840. The highest BCUT2D eigenvalue weighted by atomic mass is 16.4. The number of carboxylic acid groups (broad SMARTS) is 1. The highest BCUT2D eigenvalue weighted by Gasteiger charge is 2.33. The van der Waals surface area contributed by atoms with Gasteiger partial charge in [-0.05, 0) is 40.2 Å². The molecule has 2 N–H and O–H groups in total. The van der Waals surface area contributed by atoms with E-state index in [4.69, 9.17) is 5.11 Å². The van der Waals surface area contributed by atoms with Gasteiger partial charge in [0.25, 0.3) is 0 Å². The van der Waals surface area contributed by atoms with Crippen LogP contribution in [0, 0.1) is 0 Å². The fourth-order valence-corrected chi connectivity index (χ4v) is 2.07. The molecule has 1 heterocycles. The minimum atomic E-state index is -0.869. The summed E-state index contributed by atoms with van der Waals surface area (Å²) in [7, 11) is 0. The maximum absolute atomic E-state index is 12.3. The Balaban J connectivity index is 2.68. The molecule has 1 aliphatic rings. The Morgan fingerprint density at radius 2 is 2.06 bits per heavy atom. The summed E-state index contributed by atoms with van der Waals surface area (Å²) >= 11 is 0. The highest BCUT2D eigenvalue weighted by Crippen LogP contribution is 2.18. The summed E-state index contributed by atoms with van der Waals surface area (Å²) < 4.78 is 0. The van der Waals surface area contributed by atoms with Crippen molar-refractivity contribution in [3.8, 4) is 0 Å². The second kappa shape index (κ2) is 5.49. The minimum Gasteiger partial charge on any atom is -0.481 e. The van der Waals surface area contributed by atoms with E-state index in [1.807, 2.05) is 20.8 Å². The number of carbonyl (C=O) groups excluding carboxylic acids is 1. The van der Waals surface area contributed by atoms with Crippen molar-refractivity contribution >= 4 is 11.9 Å². The van der Waals surface area contributed by atoms with Gasteiger partial charge in [0.15, 0.2) is 0 Å². The Kier molecular flexibility index (Phi) is 4.51. The first-order valence-electron chi connectivity index (χ1n) is 6.09. The molecule has 5 heteroatoms. The molecule has 17 heavy (non-hydrogen) atoms. The topological polar surface area (TPSA) is 69.6 Å². The number of aliphatic carboxylic acids is 1. The summed E-state index contributed by atoms with van der Waals surface area (Å²) in [6, 6.07) is -0.136. The molecule has 1 atom stereocenters. The molecule has 0 saturated carbocycles. The zero-order valence-electron chi connectivity index (χ0n) is 10.8. The lowest BCUT2D eigenvalue weighted by molar-refractivity contribution is -0.141. The van der Waals surface area contributed by atoms with E-state index in [0.717, 1.165) is 19.4 Å². The molecule has 0 aliphatic carbocycles. The van der Waals surface area contributed by atoms with Gasteiger partial charge in [0.2, 0.25) is 5.91 Å². The molecule has 0 unspecified atom stereocenters. The van der Waals surface area contributed by atoms with Gasteiger partial charge in [0.1, 0.15) is 0 Å². The summed E-state index contributed by atoms with van der Waals surface area (Å²) in [5.41, 5.74) is -0.337. The molecule has 0 aromatic rings. The zero-order valence-corrected chi connectivity index (χ0v) is 10.8. The van der Waals surface area contributed by atoms with Gasteiger partial charge in [-0.1, -0.05) is 0 Å². The van der Waals surface area contributed by atoms with Crippen molar-refractivity contribution in [2.45, 2.75) is 51.6 Å². The van der Waals surface area contributed by atoms with E-state index in [-0.39, 0.29) is 30.5 Å². The SMILES string of the molecule is CC(C)(C)N(CCC(=O)O)C(=O)[C@@H]1CCCN1. The summed E-state index contributed by atoms with van der Waals surface area (Å²) in [4.78, 5) is 24.6. The third-order valence-corrected chi connectivity index (χ3v) is 2.98. The molecule has 1 fully saturated rings. The van der Waals surface area contributed by atoms with E-state index >= 15 is 0 Å². The fraction of sp³-hybridized carbons (Fsp3) is 0.833. The van der Waals surface area contributed by atoms with Crippen molar-refractivity contribution in [2.24, 2.45) is 0 Å².